The zero-order chi connectivity index (χ0) is 10.9. The highest BCUT2D eigenvalue weighted by molar-refractivity contribution is 6.06. The van der Waals surface area contributed by atoms with Crippen LogP contribution in [-0.2, 0) is 4.79 Å². The molecule has 6 heteroatoms. The number of carbonyl (C=O) groups excluding carboxylic acids is 2. The number of rotatable bonds is 3. The van der Waals surface area contributed by atoms with Gasteiger partial charge in [0.15, 0.2) is 0 Å². The fraction of sp³-hybridized carbons (Fsp3) is 0.750. The quantitative estimate of drug-likeness (QED) is 0.506. The van der Waals surface area contributed by atoms with Crippen molar-refractivity contribution in [2.24, 2.45) is 11.5 Å². The lowest BCUT2D eigenvalue weighted by Crippen LogP contribution is -2.54. The third-order valence-electron chi connectivity index (χ3n) is 2.39. The predicted molar refractivity (Wildman–Crippen MR) is 51.1 cm³/mol. The molecule has 1 unspecified atom stereocenters. The zero-order valence-corrected chi connectivity index (χ0v) is 8.41. The Morgan fingerprint density at radius 1 is 1.50 bits per heavy atom. The molecule has 80 valence electrons. The van der Waals surface area contributed by atoms with Gasteiger partial charge in [0.05, 0.1) is 6.17 Å². The monoisotopic (exact) mass is 200 g/mol. The summed E-state index contributed by atoms with van der Waals surface area (Å²) in [5.74, 6) is -0.324. The molecule has 1 fully saturated rings. The van der Waals surface area contributed by atoms with Gasteiger partial charge in [-0.05, 0) is 26.8 Å². The predicted octanol–water partition coefficient (Wildman–Crippen LogP) is -1.05. The van der Waals surface area contributed by atoms with Crippen molar-refractivity contribution in [3.8, 4) is 0 Å². The van der Waals surface area contributed by atoms with Crippen LogP contribution >= 0.6 is 0 Å². The van der Waals surface area contributed by atoms with Gasteiger partial charge in [-0.25, -0.2) is 4.79 Å². The maximum Gasteiger partial charge on any atom is 0.326 e. The molecule has 0 spiro atoms. The lowest BCUT2D eigenvalue weighted by Gasteiger charge is -2.32. The van der Waals surface area contributed by atoms with Crippen molar-refractivity contribution < 1.29 is 9.59 Å². The second-order valence-corrected chi connectivity index (χ2v) is 3.83. The number of urea groups is 1. The Labute approximate surface area is 82.6 Å². The molecule has 0 aromatic carbocycles. The Morgan fingerprint density at radius 3 is 2.43 bits per heavy atom. The van der Waals surface area contributed by atoms with E-state index in [1.165, 1.54) is 4.90 Å². The summed E-state index contributed by atoms with van der Waals surface area (Å²) >= 11 is 0. The number of carbonyl (C=O) groups is 2. The van der Waals surface area contributed by atoms with Crippen LogP contribution < -0.4 is 16.8 Å². The maximum atomic E-state index is 11.4. The molecular weight excluding hydrogens is 184 g/mol. The van der Waals surface area contributed by atoms with Gasteiger partial charge in [0.25, 0.3) is 5.91 Å². The topological polar surface area (TPSA) is 101 Å². The largest absolute Gasteiger partial charge is 0.330 e. The first-order valence-electron chi connectivity index (χ1n) is 4.51. The molecule has 0 aromatic rings. The van der Waals surface area contributed by atoms with Crippen LogP contribution in [0.25, 0.3) is 0 Å². The SMILES string of the molecule is CC1(C)C(=O)NC(=O)N1C(N)CCN. The summed E-state index contributed by atoms with van der Waals surface area (Å²) in [7, 11) is 0. The van der Waals surface area contributed by atoms with Gasteiger partial charge in [0, 0.05) is 0 Å². The summed E-state index contributed by atoms with van der Waals surface area (Å²) in [6.07, 6.45) is -0.0362. The minimum absolute atomic E-state index is 0.324. The fourth-order valence-corrected chi connectivity index (χ4v) is 1.54. The Hall–Kier alpha value is -1.14. The van der Waals surface area contributed by atoms with Crippen LogP contribution in [0.2, 0.25) is 0 Å². The number of amides is 3. The lowest BCUT2D eigenvalue weighted by molar-refractivity contribution is -0.125. The molecule has 1 saturated heterocycles. The van der Waals surface area contributed by atoms with E-state index in [1.54, 1.807) is 13.8 Å². The highest BCUT2D eigenvalue weighted by Crippen LogP contribution is 2.22. The van der Waals surface area contributed by atoms with E-state index < -0.39 is 17.7 Å². The summed E-state index contributed by atoms with van der Waals surface area (Å²) in [4.78, 5) is 24.1. The first-order valence-corrected chi connectivity index (χ1v) is 4.51. The minimum atomic E-state index is -0.883. The molecule has 0 aromatic heterocycles. The Bertz CT molecular complexity index is 264. The highest BCUT2D eigenvalue weighted by atomic mass is 16.2. The van der Waals surface area contributed by atoms with E-state index in [0.29, 0.717) is 13.0 Å². The number of hydrogen-bond acceptors (Lipinski definition) is 4. The van der Waals surface area contributed by atoms with Gasteiger partial charge in [0.1, 0.15) is 5.54 Å². The Morgan fingerprint density at radius 2 is 2.07 bits per heavy atom. The van der Waals surface area contributed by atoms with Crippen molar-refractivity contribution in [2.45, 2.75) is 32.0 Å². The fourth-order valence-electron chi connectivity index (χ4n) is 1.54. The van der Waals surface area contributed by atoms with Crippen LogP contribution in [0.3, 0.4) is 0 Å². The first kappa shape index (κ1) is 10.9. The molecule has 0 saturated carbocycles. The van der Waals surface area contributed by atoms with Crippen LogP contribution in [0.15, 0.2) is 0 Å². The van der Waals surface area contributed by atoms with Crippen LogP contribution in [-0.4, -0.2) is 35.1 Å². The molecule has 0 radical (unpaired) electrons. The molecule has 1 heterocycles. The highest BCUT2D eigenvalue weighted by Gasteiger charge is 2.47. The third-order valence-corrected chi connectivity index (χ3v) is 2.39. The second-order valence-electron chi connectivity index (χ2n) is 3.83. The van der Waals surface area contributed by atoms with Gasteiger partial charge in [0.2, 0.25) is 0 Å². The molecule has 1 atom stereocenters. The summed E-state index contributed by atoms with van der Waals surface area (Å²) < 4.78 is 0. The number of nitrogens with two attached hydrogens (primary N) is 2. The van der Waals surface area contributed by atoms with Crippen molar-refractivity contribution >= 4 is 11.9 Å². The molecule has 0 aliphatic carbocycles. The smallest absolute Gasteiger partial charge is 0.326 e. The molecule has 14 heavy (non-hydrogen) atoms. The summed E-state index contributed by atoms with van der Waals surface area (Å²) in [6, 6.07) is -0.444. The summed E-state index contributed by atoms with van der Waals surface area (Å²) in [5.41, 5.74) is 10.2. The van der Waals surface area contributed by atoms with Gasteiger partial charge in [-0.15, -0.1) is 0 Å². The van der Waals surface area contributed by atoms with Crippen LogP contribution in [0.5, 0.6) is 0 Å². The van der Waals surface area contributed by atoms with Crippen molar-refractivity contribution in [2.75, 3.05) is 6.54 Å². The number of nitrogens with zero attached hydrogens (tertiary/aromatic N) is 1. The van der Waals surface area contributed by atoms with E-state index in [0.717, 1.165) is 0 Å². The van der Waals surface area contributed by atoms with Crippen molar-refractivity contribution in [3.63, 3.8) is 0 Å². The lowest BCUT2D eigenvalue weighted by atomic mass is 10.0. The zero-order valence-electron chi connectivity index (χ0n) is 8.41. The molecular formula is C8H16N4O2. The van der Waals surface area contributed by atoms with Gasteiger partial charge >= 0.3 is 6.03 Å². The first-order chi connectivity index (χ1) is 6.41. The van der Waals surface area contributed by atoms with Crippen LogP contribution in [0, 0.1) is 0 Å². The van der Waals surface area contributed by atoms with Gasteiger partial charge < -0.3 is 11.5 Å². The summed E-state index contributed by atoms with van der Waals surface area (Å²) in [5, 5.41) is 2.22. The van der Waals surface area contributed by atoms with E-state index in [4.69, 9.17) is 11.5 Å². The number of nitrogens with one attached hydrogen (secondary N) is 1. The number of hydrogen-bond donors (Lipinski definition) is 3. The minimum Gasteiger partial charge on any atom is -0.330 e. The normalized spacial score (nSPS) is 22.4. The van der Waals surface area contributed by atoms with E-state index >= 15 is 0 Å². The van der Waals surface area contributed by atoms with Gasteiger partial charge in [-0.3, -0.25) is 15.0 Å². The Balaban J connectivity index is 2.86. The van der Waals surface area contributed by atoms with E-state index in [1.807, 2.05) is 0 Å². The average molecular weight is 200 g/mol. The van der Waals surface area contributed by atoms with E-state index in [-0.39, 0.29) is 5.91 Å². The van der Waals surface area contributed by atoms with Gasteiger partial charge in [-0.1, -0.05) is 0 Å². The van der Waals surface area contributed by atoms with Crippen molar-refractivity contribution in [1.82, 2.24) is 10.2 Å². The molecule has 3 amide bonds. The average Bonchev–Trinajstić information content (AvgIpc) is 2.22. The standard InChI is InChI=1S/C8H16N4O2/c1-8(2)6(13)11-7(14)12(8)5(10)3-4-9/h5H,3-4,9-10H2,1-2H3,(H,11,13,14). The molecule has 6 nitrogen and oxygen atoms in total. The van der Waals surface area contributed by atoms with Crippen LogP contribution in [0.4, 0.5) is 4.79 Å². The number of imide groups is 1. The maximum absolute atomic E-state index is 11.4. The van der Waals surface area contributed by atoms with Gasteiger partial charge in [-0.2, -0.15) is 0 Å². The molecule has 0 bridgehead atoms. The van der Waals surface area contributed by atoms with E-state index in [2.05, 4.69) is 5.32 Å². The van der Waals surface area contributed by atoms with E-state index in [9.17, 15) is 9.59 Å². The summed E-state index contributed by atoms with van der Waals surface area (Å²) in [6.45, 7) is 3.70. The molecule has 1 rings (SSSR count). The molecule has 1 aliphatic heterocycles. The van der Waals surface area contributed by atoms with Crippen molar-refractivity contribution in [3.05, 3.63) is 0 Å². The second kappa shape index (κ2) is 3.55. The molecule has 5 N–H and O–H groups in total. The Kier molecular flexibility index (Phi) is 2.77. The van der Waals surface area contributed by atoms with Crippen LogP contribution in [0.1, 0.15) is 20.3 Å². The van der Waals surface area contributed by atoms with Crippen molar-refractivity contribution in [1.29, 1.82) is 0 Å². The molecule has 1 aliphatic rings. The third kappa shape index (κ3) is 1.58.